The molecule has 29 heavy (non-hydrogen) atoms. The number of rotatable bonds is 6. The zero-order valence-electron chi connectivity index (χ0n) is 16.6. The van der Waals surface area contributed by atoms with Crippen LogP contribution in [0, 0.1) is 0 Å². The van der Waals surface area contributed by atoms with Gasteiger partial charge in [0.25, 0.3) is 0 Å². The van der Waals surface area contributed by atoms with Crippen LogP contribution in [0.2, 0.25) is 0 Å². The molecule has 3 rings (SSSR count). The van der Waals surface area contributed by atoms with E-state index in [0.717, 1.165) is 11.8 Å². The van der Waals surface area contributed by atoms with Crippen molar-refractivity contribution in [3.05, 3.63) is 52.8 Å². The molecule has 0 radical (unpaired) electrons. The van der Waals surface area contributed by atoms with Crippen molar-refractivity contribution in [2.75, 3.05) is 17.2 Å². The van der Waals surface area contributed by atoms with E-state index < -0.39 is 28.4 Å². The Labute approximate surface area is 169 Å². The van der Waals surface area contributed by atoms with Crippen LogP contribution in [0.25, 0.3) is 0 Å². The molecular weight excluding hydrogens is 396 g/mol. The molecule has 1 aliphatic rings. The number of ketones is 2. The second-order valence-corrected chi connectivity index (χ2v) is 9.10. The Bertz CT molecular complexity index is 1120. The average Bonchev–Trinajstić information content (AvgIpc) is 3.17. The van der Waals surface area contributed by atoms with E-state index in [9.17, 15) is 22.8 Å². The second kappa shape index (κ2) is 7.47. The summed E-state index contributed by atoms with van der Waals surface area (Å²) in [5.74, 6) is -1.27. The summed E-state index contributed by atoms with van der Waals surface area (Å²) in [6, 6.07) is 5.97. The number of anilines is 1. The standard InChI is InChI=1S/C20H22N2O6S/c1-12-7-15-8-14(5-6-17(15)22(12)29(4,26)27)19(24)11-28-20(25)18-9-16(13(2)23)10-21(18)3/h5-6,8-10,12H,7,11H2,1-4H3/t12-/m0/s1. The van der Waals surface area contributed by atoms with Crippen LogP contribution >= 0.6 is 0 Å². The predicted octanol–water partition coefficient (Wildman–Crippen LogP) is 1.98. The number of aryl methyl sites for hydroxylation is 1. The molecule has 0 saturated carbocycles. The van der Waals surface area contributed by atoms with Crippen LogP contribution < -0.4 is 4.31 Å². The maximum atomic E-state index is 12.5. The van der Waals surface area contributed by atoms with Gasteiger partial charge in [0.1, 0.15) is 5.69 Å². The normalized spacial score (nSPS) is 15.9. The maximum absolute atomic E-state index is 12.5. The van der Waals surface area contributed by atoms with Crippen LogP contribution in [-0.2, 0) is 28.2 Å². The fraction of sp³-hybridized carbons (Fsp3) is 0.350. The van der Waals surface area contributed by atoms with Gasteiger partial charge in [-0.1, -0.05) is 0 Å². The molecule has 2 aromatic rings. The minimum atomic E-state index is -3.41. The number of carbonyl (C=O) groups excluding carboxylic acids is 3. The van der Waals surface area contributed by atoms with Gasteiger partial charge in [0.15, 0.2) is 18.2 Å². The number of Topliss-reactive ketones (excluding diaryl/α,β-unsaturated/α-hetero) is 2. The molecule has 0 bridgehead atoms. The van der Waals surface area contributed by atoms with E-state index in [1.165, 1.54) is 34.1 Å². The molecule has 1 aromatic heterocycles. The lowest BCUT2D eigenvalue weighted by Crippen LogP contribution is -2.34. The summed E-state index contributed by atoms with van der Waals surface area (Å²) in [5.41, 5.74) is 2.22. The Morgan fingerprint density at radius 3 is 2.45 bits per heavy atom. The van der Waals surface area contributed by atoms with Crippen LogP contribution in [0.15, 0.2) is 30.5 Å². The first-order valence-corrected chi connectivity index (χ1v) is 10.8. The Balaban J connectivity index is 1.72. The van der Waals surface area contributed by atoms with E-state index in [1.54, 1.807) is 26.1 Å². The highest BCUT2D eigenvalue weighted by Crippen LogP contribution is 2.34. The van der Waals surface area contributed by atoms with Crippen molar-refractivity contribution in [1.82, 2.24) is 4.57 Å². The van der Waals surface area contributed by atoms with Crippen molar-refractivity contribution in [2.24, 2.45) is 7.05 Å². The van der Waals surface area contributed by atoms with Crippen LogP contribution in [0.1, 0.15) is 50.6 Å². The maximum Gasteiger partial charge on any atom is 0.355 e. The number of aromatic nitrogens is 1. The van der Waals surface area contributed by atoms with E-state index in [4.69, 9.17) is 4.74 Å². The van der Waals surface area contributed by atoms with Crippen molar-refractivity contribution in [3.63, 3.8) is 0 Å². The Morgan fingerprint density at radius 1 is 1.17 bits per heavy atom. The summed E-state index contributed by atoms with van der Waals surface area (Å²) in [7, 11) is -1.79. The molecule has 0 aliphatic carbocycles. The van der Waals surface area contributed by atoms with E-state index >= 15 is 0 Å². The number of benzene rings is 1. The van der Waals surface area contributed by atoms with Gasteiger partial charge < -0.3 is 9.30 Å². The molecule has 1 aliphatic heterocycles. The lowest BCUT2D eigenvalue weighted by molar-refractivity contribution is 0.0465. The Morgan fingerprint density at radius 2 is 1.86 bits per heavy atom. The smallest absolute Gasteiger partial charge is 0.355 e. The molecule has 0 unspecified atom stereocenters. The second-order valence-electron chi connectivity index (χ2n) is 7.24. The number of hydrogen-bond acceptors (Lipinski definition) is 6. The summed E-state index contributed by atoms with van der Waals surface area (Å²) in [6.45, 7) is 2.75. The largest absolute Gasteiger partial charge is 0.453 e. The first-order chi connectivity index (χ1) is 13.5. The fourth-order valence-corrected chi connectivity index (χ4v) is 4.79. The molecule has 0 saturated heterocycles. The highest BCUT2D eigenvalue weighted by Gasteiger charge is 2.32. The topological polar surface area (TPSA) is 103 Å². The molecule has 9 heteroatoms. The number of fused-ring (bicyclic) bond motifs is 1. The quantitative estimate of drug-likeness (QED) is 0.525. The summed E-state index contributed by atoms with van der Waals surface area (Å²) in [6.07, 6.45) is 3.18. The molecular formula is C20H22N2O6S. The molecule has 0 spiro atoms. The molecule has 1 aromatic carbocycles. The van der Waals surface area contributed by atoms with Crippen molar-refractivity contribution >= 4 is 33.2 Å². The monoisotopic (exact) mass is 418 g/mol. The van der Waals surface area contributed by atoms with Gasteiger partial charge in [-0.3, -0.25) is 13.9 Å². The summed E-state index contributed by atoms with van der Waals surface area (Å²) >= 11 is 0. The minimum absolute atomic E-state index is 0.175. The van der Waals surface area contributed by atoms with Gasteiger partial charge in [0.2, 0.25) is 10.0 Å². The molecule has 8 nitrogen and oxygen atoms in total. The van der Waals surface area contributed by atoms with Crippen LogP contribution in [-0.4, -0.2) is 49.4 Å². The number of hydrogen-bond donors (Lipinski definition) is 0. The van der Waals surface area contributed by atoms with Crippen molar-refractivity contribution in [1.29, 1.82) is 0 Å². The number of nitrogens with zero attached hydrogens (tertiary/aromatic N) is 2. The van der Waals surface area contributed by atoms with Gasteiger partial charge in [0.05, 0.1) is 11.9 Å². The van der Waals surface area contributed by atoms with Gasteiger partial charge in [-0.05, 0) is 50.1 Å². The van der Waals surface area contributed by atoms with Crippen LogP contribution in [0.5, 0.6) is 0 Å². The molecule has 154 valence electrons. The highest BCUT2D eigenvalue weighted by atomic mass is 32.2. The third kappa shape index (κ3) is 4.09. The molecule has 0 fully saturated rings. The van der Waals surface area contributed by atoms with Crippen molar-refractivity contribution < 1.29 is 27.5 Å². The third-order valence-corrected chi connectivity index (χ3v) is 6.14. The van der Waals surface area contributed by atoms with Crippen molar-refractivity contribution in [3.8, 4) is 0 Å². The van der Waals surface area contributed by atoms with Crippen LogP contribution in [0.4, 0.5) is 5.69 Å². The number of esters is 1. The van der Waals surface area contributed by atoms with Crippen molar-refractivity contribution in [2.45, 2.75) is 26.3 Å². The number of ether oxygens (including phenoxy) is 1. The fourth-order valence-electron chi connectivity index (χ4n) is 3.53. The van der Waals surface area contributed by atoms with Gasteiger partial charge in [-0.2, -0.15) is 0 Å². The number of carbonyl (C=O) groups is 3. The van der Waals surface area contributed by atoms with E-state index in [2.05, 4.69) is 0 Å². The summed E-state index contributed by atoms with van der Waals surface area (Å²) in [5, 5.41) is 0. The average molecular weight is 418 g/mol. The summed E-state index contributed by atoms with van der Waals surface area (Å²) in [4.78, 5) is 36.1. The zero-order valence-corrected chi connectivity index (χ0v) is 17.4. The zero-order chi connectivity index (χ0) is 21.5. The molecule has 2 heterocycles. The molecule has 0 N–H and O–H groups in total. The lowest BCUT2D eigenvalue weighted by Gasteiger charge is -2.21. The predicted molar refractivity (Wildman–Crippen MR) is 107 cm³/mol. The van der Waals surface area contributed by atoms with Gasteiger partial charge >= 0.3 is 5.97 Å². The van der Waals surface area contributed by atoms with E-state index in [0.29, 0.717) is 23.2 Å². The van der Waals surface area contributed by atoms with E-state index in [-0.39, 0.29) is 17.5 Å². The SMILES string of the molecule is CC(=O)c1cc(C(=O)OCC(=O)c2ccc3c(c2)C[C@H](C)N3S(C)(=O)=O)n(C)c1. The molecule has 0 amide bonds. The first-order valence-electron chi connectivity index (χ1n) is 8.99. The Kier molecular flexibility index (Phi) is 5.36. The molecule has 1 atom stereocenters. The van der Waals surface area contributed by atoms with Gasteiger partial charge in [0, 0.05) is 30.4 Å². The van der Waals surface area contributed by atoms with E-state index in [1.807, 2.05) is 0 Å². The Hall–Kier alpha value is -2.94. The lowest BCUT2D eigenvalue weighted by atomic mass is 10.0. The van der Waals surface area contributed by atoms with Gasteiger partial charge in [-0.25, -0.2) is 13.2 Å². The highest BCUT2D eigenvalue weighted by molar-refractivity contribution is 7.92. The number of sulfonamides is 1. The minimum Gasteiger partial charge on any atom is -0.453 e. The summed E-state index contributed by atoms with van der Waals surface area (Å²) < 4.78 is 31.9. The van der Waals surface area contributed by atoms with Gasteiger partial charge in [-0.15, -0.1) is 0 Å². The van der Waals surface area contributed by atoms with Crippen LogP contribution in [0.3, 0.4) is 0 Å². The third-order valence-electron chi connectivity index (χ3n) is 4.87. The first kappa shape index (κ1) is 20.8.